The minimum absolute atomic E-state index is 0.152. The number of hydrogen-bond acceptors (Lipinski definition) is 2. The molecule has 1 aliphatic rings. The lowest BCUT2D eigenvalue weighted by Gasteiger charge is -2.19. The Morgan fingerprint density at radius 1 is 1.47 bits per heavy atom. The van der Waals surface area contributed by atoms with Crippen molar-refractivity contribution in [2.75, 3.05) is 13.1 Å². The zero-order valence-electron chi connectivity index (χ0n) is 9.16. The van der Waals surface area contributed by atoms with Crippen LogP contribution in [0.2, 0.25) is 0 Å². The minimum Gasteiger partial charge on any atom is -0.323 e. The van der Waals surface area contributed by atoms with Gasteiger partial charge in [-0.25, -0.2) is 0 Å². The Hall–Kier alpha value is -1.12. The standard InChI is InChI=1S/C13H18N2/c1-2-10-4-3-5-11(6-10)12-7-13(14)9-15-8-12/h3-7,13,15H,2,8-9,14H2,1H3. The summed E-state index contributed by atoms with van der Waals surface area (Å²) in [6.45, 7) is 4.00. The van der Waals surface area contributed by atoms with E-state index >= 15 is 0 Å². The Labute approximate surface area is 91.2 Å². The molecule has 1 aliphatic heterocycles. The van der Waals surface area contributed by atoms with Crippen LogP contribution >= 0.6 is 0 Å². The van der Waals surface area contributed by atoms with Crippen molar-refractivity contribution in [1.29, 1.82) is 0 Å². The molecule has 80 valence electrons. The summed E-state index contributed by atoms with van der Waals surface area (Å²) < 4.78 is 0. The molecule has 0 aromatic heterocycles. The SMILES string of the molecule is CCc1cccc(C2=CC(N)CNC2)c1. The number of benzene rings is 1. The molecule has 3 N–H and O–H groups in total. The van der Waals surface area contributed by atoms with Crippen LogP contribution in [0.5, 0.6) is 0 Å². The van der Waals surface area contributed by atoms with Gasteiger partial charge in [0.25, 0.3) is 0 Å². The highest BCUT2D eigenvalue weighted by atomic mass is 14.9. The summed E-state index contributed by atoms with van der Waals surface area (Å²) in [4.78, 5) is 0. The van der Waals surface area contributed by atoms with Crippen LogP contribution < -0.4 is 11.1 Å². The molecule has 1 unspecified atom stereocenters. The monoisotopic (exact) mass is 202 g/mol. The molecule has 0 amide bonds. The number of hydrogen-bond donors (Lipinski definition) is 2. The molecular weight excluding hydrogens is 184 g/mol. The molecule has 1 aromatic rings. The highest BCUT2D eigenvalue weighted by Crippen LogP contribution is 2.18. The summed E-state index contributed by atoms with van der Waals surface area (Å²) in [6.07, 6.45) is 3.26. The fraction of sp³-hybridized carbons (Fsp3) is 0.385. The lowest BCUT2D eigenvalue weighted by Crippen LogP contribution is -2.37. The predicted molar refractivity (Wildman–Crippen MR) is 64.6 cm³/mol. The molecule has 0 radical (unpaired) electrons. The molecule has 0 bridgehead atoms. The summed E-state index contributed by atoms with van der Waals surface area (Å²) in [7, 11) is 0. The average Bonchev–Trinajstić information content (AvgIpc) is 2.29. The normalized spacial score (nSPS) is 21.2. The van der Waals surface area contributed by atoms with E-state index in [0.29, 0.717) is 0 Å². The highest BCUT2D eigenvalue weighted by Gasteiger charge is 2.10. The fourth-order valence-electron chi connectivity index (χ4n) is 1.94. The third-order valence-electron chi connectivity index (χ3n) is 2.82. The van der Waals surface area contributed by atoms with Gasteiger partial charge in [-0.3, -0.25) is 0 Å². The number of nitrogens with one attached hydrogen (secondary N) is 1. The Morgan fingerprint density at radius 3 is 3.07 bits per heavy atom. The summed E-state index contributed by atoms with van der Waals surface area (Å²) in [5, 5.41) is 3.33. The smallest absolute Gasteiger partial charge is 0.0357 e. The molecule has 0 aliphatic carbocycles. The van der Waals surface area contributed by atoms with Crippen molar-refractivity contribution in [3.05, 3.63) is 41.5 Å². The maximum absolute atomic E-state index is 5.89. The van der Waals surface area contributed by atoms with E-state index in [1.165, 1.54) is 16.7 Å². The van der Waals surface area contributed by atoms with Gasteiger partial charge in [0, 0.05) is 19.1 Å². The molecule has 1 aromatic carbocycles. The largest absolute Gasteiger partial charge is 0.323 e. The second-order valence-electron chi connectivity index (χ2n) is 4.04. The van der Waals surface area contributed by atoms with Crippen molar-refractivity contribution in [2.45, 2.75) is 19.4 Å². The summed E-state index contributed by atoms with van der Waals surface area (Å²) >= 11 is 0. The molecule has 2 nitrogen and oxygen atoms in total. The Bertz CT molecular complexity index is 369. The molecule has 1 atom stereocenters. The quantitative estimate of drug-likeness (QED) is 0.764. The zero-order valence-corrected chi connectivity index (χ0v) is 9.16. The predicted octanol–water partition coefficient (Wildman–Crippen LogP) is 1.56. The lowest BCUT2D eigenvalue weighted by molar-refractivity contribution is 0.663. The first-order valence-corrected chi connectivity index (χ1v) is 5.56. The number of rotatable bonds is 2. The van der Waals surface area contributed by atoms with Gasteiger partial charge in [0.15, 0.2) is 0 Å². The van der Waals surface area contributed by atoms with Gasteiger partial charge in [0.05, 0.1) is 0 Å². The zero-order chi connectivity index (χ0) is 10.7. The van der Waals surface area contributed by atoms with E-state index in [-0.39, 0.29) is 6.04 Å². The maximum Gasteiger partial charge on any atom is 0.0357 e. The number of nitrogens with two attached hydrogens (primary N) is 1. The molecular formula is C13H18N2. The molecule has 2 rings (SSSR count). The van der Waals surface area contributed by atoms with Crippen LogP contribution in [0.3, 0.4) is 0 Å². The van der Waals surface area contributed by atoms with E-state index in [1.54, 1.807) is 0 Å². The van der Waals surface area contributed by atoms with E-state index in [1.807, 2.05) is 0 Å². The molecule has 0 saturated heterocycles. The van der Waals surface area contributed by atoms with Crippen molar-refractivity contribution >= 4 is 5.57 Å². The van der Waals surface area contributed by atoms with Crippen LogP contribution in [0, 0.1) is 0 Å². The van der Waals surface area contributed by atoms with Gasteiger partial charge >= 0.3 is 0 Å². The average molecular weight is 202 g/mol. The molecule has 0 saturated carbocycles. The Morgan fingerprint density at radius 2 is 2.33 bits per heavy atom. The molecule has 0 spiro atoms. The van der Waals surface area contributed by atoms with Crippen LogP contribution in [0.15, 0.2) is 30.3 Å². The Balaban J connectivity index is 2.28. The first-order chi connectivity index (χ1) is 7.29. The van der Waals surface area contributed by atoms with Crippen LogP contribution in [0.25, 0.3) is 5.57 Å². The first kappa shape index (κ1) is 10.4. The van der Waals surface area contributed by atoms with Crippen LogP contribution in [-0.4, -0.2) is 19.1 Å². The summed E-state index contributed by atoms with van der Waals surface area (Å²) in [5.74, 6) is 0. The second kappa shape index (κ2) is 4.60. The van der Waals surface area contributed by atoms with Gasteiger partial charge in [-0.2, -0.15) is 0 Å². The van der Waals surface area contributed by atoms with Gasteiger partial charge in [-0.05, 0) is 23.1 Å². The van der Waals surface area contributed by atoms with Crippen molar-refractivity contribution < 1.29 is 0 Å². The van der Waals surface area contributed by atoms with E-state index < -0.39 is 0 Å². The van der Waals surface area contributed by atoms with Gasteiger partial charge in [0.2, 0.25) is 0 Å². The van der Waals surface area contributed by atoms with Gasteiger partial charge in [0.1, 0.15) is 0 Å². The summed E-state index contributed by atoms with van der Waals surface area (Å²) in [6, 6.07) is 8.85. The van der Waals surface area contributed by atoms with Gasteiger partial charge in [-0.15, -0.1) is 0 Å². The molecule has 15 heavy (non-hydrogen) atoms. The van der Waals surface area contributed by atoms with E-state index in [9.17, 15) is 0 Å². The van der Waals surface area contributed by atoms with E-state index in [4.69, 9.17) is 5.73 Å². The maximum atomic E-state index is 5.89. The van der Waals surface area contributed by atoms with Gasteiger partial charge < -0.3 is 11.1 Å². The molecule has 0 fully saturated rings. The minimum atomic E-state index is 0.152. The van der Waals surface area contributed by atoms with Crippen molar-refractivity contribution in [3.8, 4) is 0 Å². The third-order valence-corrected chi connectivity index (χ3v) is 2.82. The van der Waals surface area contributed by atoms with Crippen LogP contribution in [0.1, 0.15) is 18.1 Å². The number of aryl methyl sites for hydroxylation is 1. The third kappa shape index (κ3) is 2.46. The summed E-state index contributed by atoms with van der Waals surface area (Å²) in [5.41, 5.74) is 9.90. The highest BCUT2D eigenvalue weighted by molar-refractivity contribution is 5.68. The van der Waals surface area contributed by atoms with Crippen molar-refractivity contribution in [3.63, 3.8) is 0 Å². The van der Waals surface area contributed by atoms with Gasteiger partial charge in [-0.1, -0.05) is 37.3 Å². The fourth-order valence-corrected chi connectivity index (χ4v) is 1.94. The second-order valence-corrected chi connectivity index (χ2v) is 4.04. The van der Waals surface area contributed by atoms with Crippen LogP contribution in [0.4, 0.5) is 0 Å². The molecule has 2 heteroatoms. The van der Waals surface area contributed by atoms with Crippen molar-refractivity contribution in [2.24, 2.45) is 5.73 Å². The Kier molecular flexibility index (Phi) is 3.19. The molecule has 1 heterocycles. The lowest BCUT2D eigenvalue weighted by atomic mass is 9.98. The van der Waals surface area contributed by atoms with Crippen molar-refractivity contribution in [1.82, 2.24) is 5.32 Å². The van der Waals surface area contributed by atoms with E-state index in [2.05, 4.69) is 42.6 Å². The topological polar surface area (TPSA) is 38.0 Å². The van der Waals surface area contributed by atoms with E-state index in [0.717, 1.165) is 19.5 Å². The van der Waals surface area contributed by atoms with Crippen LogP contribution in [-0.2, 0) is 6.42 Å². The first-order valence-electron chi connectivity index (χ1n) is 5.56.